The second-order valence-corrected chi connectivity index (χ2v) is 5.70. The van der Waals surface area contributed by atoms with Gasteiger partial charge in [-0.25, -0.2) is 4.39 Å². The smallest absolute Gasteiger partial charge is 0.221 e. The Morgan fingerprint density at radius 1 is 1.16 bits per heavy atom. The summed E-state index contributed by atoms with van der Waals surface area (Å²) in [5, 5.41) is 2.76. The van der Waals surface area contributed by atoms with E-state index in [-0.39, 0.29) is 24.1 Å². The molecular formula is C19H22FN3O2. The van der Waals surface area contributed by atoms with Crippen molar-refractivity contribution in [3.63, 3.8) is 0 Å². The fourth-order valence-corrected chi connectivity index (χ4v) is 2.40. The number of amides is 2. The summed E-state index contributed by atoms with van der Waals surface area (Å²) in [6, 6.07) is 12.0. The van der Waals surface area contributed by atoms with E-state index in [2.05, 4.69) is 10.3 Å². The van der Waals surface area contributed by atoms with Crippen LogP contribution >= 0.6 is 0 Å². The van der Waals surface area contributed by atoms with Crippen molar-refractivity contribution >= 4 is 11.8 Å². The fraction of sp³-hybridized carbons (Fsp3) is 0.316. The molecule has 2 amide bonds. The highest BCUT2D eigenvalue weighted by molar-refractivity contribution is 5.78. The fourth-order valence-electron chi connectivity index (χ4n) is 2.40. The summed E-state index contributed by atoms with van der Waals surface area (Å²) >= 11 is 0. The molecule has 5 nitrogen and oxygen atoms in total. The summed E-state index contributed by atoms with van der Waals surface area (Å²) in [5.74, 6) is -0.539. The van der Waals surface area contributed by atoms with E-state index in [0.717, 1.165) is 5.69 Å². The normalized spacial score (nSPS) is 10.3. The van der Waals surface area contributed by atoms with Crippen LogP contribution in [0.1, 0.15) is 24.6 Å². The minimum absolute atomic E-state index is 0.107. The molecular weight excluding hydrogens is 321 g/mol. The van der Waals surface area contributed by atoms with E-state index in [1.807, 2.05) is 18.2 Å². The van der Waals surface area contributed by atoms with E-state index >= 15 is 0 Å². The number of hydrogen-bond acceptors (Lipinski definition) is 3. The largest absolute Gasteiger partial charge is 0.356 e. The molecule has 6 heteroatoms. The van der Waals surface area contributed by atoms with Gasteiger partial charge in [-0.15, -0.1) is 0 Å². The van der Waals surface area contributed by atoms with E-state index in [9.17, 15) is 14.0 Å². The Morgan fingerprint density at radius 2 is 1.92 bits per heavy atom. The summed E-state index contributed by atoms with van der Waals surface area (Å²) < 4.78 is 13.5. The number of nitrogens with one attached hydrogen (secondary N) is 1. The Hall–Kier alpha value is -2.76. The molecule has 1 aromatic heterocycles. The molecule has 0 aliphatic heterocycles. The zero-order chi connectivity index (χ0) is 18.1. The molecule has 2 rings (SSSR count). The number of nitrogens with zero attached hydrogens (tertiary/aromatic N) is 2. The predicted octanol–water partition coefficient (Wildman–Crippen LogP) is 2.32. The Balaban J connectivity index is 1.75. The number of halogens is 1. The first kappa shape index (κ1) is 18.6. The number of benzene rings is 1. The number of carbonyl (C=O) groups is 2. The van der Waals surface area contributed by atoms with Gasteiger partial charge in [-0.3, -0.25) is 14.6 Å². The van der Waals surface area contributed by atoms with E-state index in [1.165, 1.54) is 13.0 Å². The molecule has 132 valence electrons. The molecule has 2 aromatic rings. The summed E-state index contributed by atoms with van der Waals surface area (Å²) in [6.07, 6.45) is 2.30. The molecule has 25 heavy (non-hydrogen) atoms. The maximum absolute atomic E-state index is 13.5. The van der Waals surface area contributed by atoms with Crippen LogP contribution in [-0.4, -0.2) is 34.8 Å². The van der Waals surface area contributed by atoms with Crippen LogP contribution in [0, 0.1) is 5.82 Å². The van der Waals surface area contributed by atoms with Gasteiger partial charge >= 0.3 is 0 Å². The lowest BCUT2D eigenvalue weighted by Crippen LogP contribution is -2.34. The summed E-state index contributed by atoms with van der Waals surface area (Å²) in [5.41, 5.74) is 1.35. The zero-order valence-electron chi connectivity index (χ0n) is 14.2. The third-order valence-corrected chi connectivity index (χ3v) is 3.81. The summed E-state index contributed by atoms with van der Waals surface area (Å²) in [4.78, 5) is 29.4. The van der Waals surface area contributed by atoms with Gasteiger partial charge in [0.15, 0.2) is 0 Å². The van der Waals surface area contributed by atoms with Crippen molar-refractivity contribution in [2.45, 2.75) is 26.3 Å². The topological polar surface area (TPSA) is 62.3 Å². The first-order valence-electron chi connectivity index (χ1n) is 8.22. The SMILES string of the molecule is CC(=O)N(CCC(=O)NCCc1ccccc1F)Cc1ccccn1. The zero-order valence-corrected chi connectivity index (χ0v) is 14.2. The van der Waals surface area contributed by atoms with Crippen molar-refractivity contribution in [1.29, 1.82) is 0 Å². The van der Waals surface area contributed by atoms with Crippen LogP contribution in [-0.2, 0) is 22.6 Å². The van der Waals surface area contributed by atoms with E-state index in [1.54, 1.807) is 29.3 Å². The monoisotopic (exact) mass is 343 g/mol. The van der Waals surface area contributed by atoms with Gasteiger partial charge in [0.1, 0.15) is 5.82 Å². The number of hydrogen-bond donors (Lipinski definition) is 1. The van der Waals surface area contributed by atoms with E-state index < -0.39 is 0 Å². The Labute approximate surface area is 146 Å². The van der Waals surface area contributed by atoms with Crippen LogP contribution in [0.4, 0.5) is 4.39 Å². The van der Waals surface area contributed by atoms with Crippen molar-refractivity contribution < 1.29 is 14.0 Å². The first-order valence-corrected chi connectivity index (χ1v) is 8.22. The lowest BCUT2D eigenvalue weighted by Gasteiger charge is -2.20. The second-order valence-electron chi connectivity index (χ2n) is 5.70. The molecule has 0 atom stereocenters. The van der Waals surface area contributed by atoms with E-state index in [0.29, 0.717) is 31.6 Å². The Morgan fingerprint density at radius 3 is 2.60 bits per heavy atom. The highest BCUT2D eigenvalue weighted by Crippen LogP contribution is 2.06. The van der Waals surface area contributed by atoms with Gasteiger partial charge in [0.25, 0.3) is 0 Å². The third kappa shape index (κ3) is 6.33. The Kier molecular flexibility index (Phi) is 7.07. The first-order chi connectivity index (χ1) is 12.1. The molecule has 1 N–H and O–H groups in total. The van der Waals surface area contributed by atoms with Gasteiger partial charge in [0.2, 0.25) is 11.8 Å². The molecule has 0 saturated carbocycles. The molecule has 0 aliphatic rings. The lowest BCUT2D eigenvalue weighted by atomic mass is 10.1. The van der Waals surface area contributed by atoms with Crippen LogP contribution < -0.4 is 5.32 Å². The minimum atomic E-state index is -0.269. The van der Waals surface area contributed by atoms with Crippen LogP contribution in [0.25, 0.3) is 0 Å². The molecule has 0 saturated heterocycles. The van der Waals surface area contributed by atoms with E-state index in [4.69, 9.17) is 0 Å². The molecule has 0 unspecified atom stereocenters. The average molecular weight is 343 g/mol. The van der Waals surface area contributed by atoms with Gasteiger partial charge in [0, 0.05) is 32.6 Å². The Bertz CT molecular complexity index is 707. The highest BCUT2D eigenvalue weighted by Gasteiger charge is 2.12. The minimum Gasteiger partial charge on any atom is -0.356 e. The van der Waals surface area contributed by atoms with Crippen molar-refractivity contribution in [2.24, 2.45) is 0 Å². The molecule has 0 spiro atoms. The molecule has 0 aliphatic carbocycles. The van der Waals surface area contributed by atoms with Crippen LogP contribution in [0.3, 0.4) is 0 Å². The van der Waals surface area contributed by atoms with Gasteiger partial charge in [-0.05, 0) is 30.2 Å². The van der Waals surface area contributed by atoms with Gasteiger partial charge in [0.05, 0.1) is 12.2 Å². The summed E-state index contributed by atoms with van der Waals surface area (Å²) in [7, 11) is 0. The standard InChI is InChI=1S/C19H22FN3O2/c1-15(24)23(14-17-7-4-5-11-21-17)13-10-19(25)22-12-9-16-6-2-3-8-18(16)20/h2-8,11H,9-10,12-14H2,1H3,(H,22,25). The van der Waals surface area contributed by atoms with Gasteiger partial charge in [-0.1, -0.05) is 24.3 Å². The quantitative estimate of drug-likeness (QED) is 0.800. The molecule has 0 radical (unpaired) electrons. The van der Waals surface area contributed by atoms with Crippen molar-refractivity contribution in [3.05, 3.63) is 65.7 Å². The molecule has 1 aromatic carbocycles. The lowest BCUT2D eigenvalue weighted by molar-refractivity contribution is -0.130. The molecule has 0 fully saturated rings. The van der Waals surface area contributed by atoms with Crippen molar-refractivity contribution in [3.8, 4) is 0 Å². The summed E-state index contributed by atoms with van der Waals surface area (Å²) in [6.45, 7) is 2.52. The number of carbonyl (C=O) groups excluding carboxylic acids is 2. The molecule has 1 heterocycles. The van der Waals surface area contributed by atoms with Crippen molar-refractivity contribution in [1.82, 2.24) is 15.2 Å². The molecule has 0 bridgehead atoms. The van der Waals surface area contributed by atoms with Crippen LogP contribution in [0.5, 0.6) is 0 Å². The third-order valence-electron chi connectivity index (χ3n) is 3.81. The van der Waals surface area contributed by atoms with Crippen molar-refractivity contribution in [2.75, 3.05) is 13.1 Å². The maximum atomic E-state index is 13.5. The van der Waals surface area contributed by atoms with Crippen LogP contribution in [0.2, 0.25) is 0 Å². The van der Waals surface area contributed by atoms with Gasteiger partial charge < -0.3 is 10.2 Å². The number of rotatable bonds is 8. The highest BCUT2D eigenvalue weighted by atomic mass is 19.1. The predicted molar refractivity (Wildman–Crippen MR) is 93.1 cm³/mol. The second kappa shape index (κ2) is 9.52. The average Bonchev–Trinajstić information content (AvgIpc) is 2.61. The maximum Gasteiger partial charge on any atom is 0.221 e. The number of pyridine rings is 1. The number of aromatic nitrogens is 1. The van der Waals surface area contributed by atoms with Crippen LogP contribution in [0.15, 0.2) is 48.7 Å². The van der Waals surface area contributed by atoms with Gasteiger partial charge in [-0.2, -0.15) is 0 Å².